The molecule has 27 heavy (non-hydrogen) atoms. The van der Waals surface area contributed by atoms with Gasteiger partial charge in [0.05, 0.1) is 12.2 Å². The molecular weight excluding hydrogens is 336 g/mol. The van der Waals surface area contributed by atoms with Gasteiger partial charge in [0.2, 0.25) is 0 Å². The molecule has 1 heterocycles. The van der Waals surface area contributed by atoms with Gasteiger partial charge in [-0.05, 0) is 42.5 Å². The van der Waals surface area contributed by atoms with Gasteiger partial charge in [-0.15, -0.1) is 0 Å². The summed E-state index contributed by atoms with van der Waals surface area (Å²) in [4.78, 5) is 25.6. The molecule has 1 aromatic heterocycles. The third kappa shape index (κ3) is 3.95. The van der Waals surface area contributed by atoms with E-state index < -0.39 is 0 Å². The lowest BCUT2D eigenvalue weighted by Gasteiger charge is -2.19. The molecule has 3 rings (SSSR count). The minimum atomic E-state index is -0.325. The average molecular weight is 362 g/mol. The number of aromatic nitrogens is 2. The molecule has 0 aliphatic rings. The molecule has 0 amide bonds. The summed E-state index contributed by atoms with van der Waals surface area (Å²) in [5, 5.41) is 0. The molecule has 4 nitrogen and oxygen atoms in total. The van der Waals surface area contributed by atoms with Crippen molar-refractivity contribution < 1.29 is 0 Å². The number of aryl methyl sites for hydroxylation is 2. The van der Waals surface area contributed by atoms with Gasteiger partial charge in [0, 0.05) is 11.8 Å². The Hall–Kier alpha value is -2.88. The second kappa shape index (κ2) is 7.03. The minimum Gasteiger partial charge on any atom is -0.269 e. The van der Waals surface area contributed by atoms with E-state index in [1.807, 2.05) is 43.3 Å². The second-order valence-electron chi connectivity index (χ2n) is 8.14. The van der Waals surface area contributed by atoms with Crippen molar-refractivity contribution in [1.29, 1.82) is 0 Å². The van der Waals surface area contributed by atoms with E-state index in [0.29, 0.717) is 5.56 Å². The molecule has 0 bridgehead atoms. The Labute approximate surface area is 159 Å². The zero-order valence-corrected chi connectivity index (χ0v) is 16.6. The first-order valence-electron chi connectivity index (χ1n) is 9.16. The van der Waals surface area contributed by atoms with E-state index in [4.69, 9.17) is 0 Å². The van der Waals surface area contributed by atoms with Crippen LogP contribution in [-0.2, 0) is 12.0 Å². The van der Waals surface area contributed by atoms with Crippen LogP contribution in [0.4, 0.5) is 0 Å². The molecule has 4 heteroatoms. The van der Waals surface area contributed by atoms with Crippen molar-refractivity contribution in [2.75, 3.05) is 0 Å². The molecule has 0 fully saturated rings. The fourth-order valence-electron chi connectivity index (χ4n) is 3.06. The lowest BCUT2D eigenvalue weighted by molar-refractivity contribution is 0.589. The molecule has 0 radical (unpaired) electrons. The van der Waals surface area contributed by atoms with Gasteiger partial charge < -0.3 is 0 Å². The zero-order chi connectivity index (χ0) is 19.8. The van der Waals surface area contributed by atoms with Gasteiger partial charge >= 0.3 is 5.69 Å². The summed E-state index contributed by atoms with van der Waals surface area (Å²) in [5.41, 5.74) is 4.07. The van der Waals surface area contributed by atoms with Crippen molar-refractivity contribution in [3.8, 4) is 5.69 Å². The van der Waals surface area contributed by atoms with Gasteiger partial charge in [0.25, 0.3) is 5.56 Å². The topological polar surface area (TPSA) is 44.0 Å². The summed E-state index contributed by atoms with van der Waals surface area (Å²) < 4.78 is 2.85. The van der Waals surface area contributed by atoms with E-state index in [0.717, 1.165) is 16.8 Å². The Bertz CT molecular complexity index is 1060. The van der Waals surface area contributed by atoms with Crippen LogP contribution in [-0.4, -0.2) is 9.13 Å². The molecule has 0 N–H and O–H groups in total. The first kappa shape index (κ1) is 18.9. The third-order valence-electron chi connectivity index (χ3n) is 4.82. The lowest BCUT2D eigenvalue weighted by atomic mass is 9.87. The highest BCUT2D eigenvalue weighted by Crippen LogP contribution is 2.22. The monoisotopic (exact) mass is 362 g/mol. The first-order valence-corrected chi connectivity index (χ1v) is 9.16. The van der Waals surface area contributed by atoms with Crippen LogP contribution in [0.25, 0.3) is 5.69 Å². The Morgan fingerprint density at radius 2 is 1.44 bits per heavy atom. The van der Waals surface area contributed by atoms with Gasteiger partial charge in [-0.2, -0.15) is 0 Å². The Morgan fingerprint density at radius 3 is 2.00 bits per heavy atom. The summed E-state index contributed by atoms with van der Waals surface area (Å²) >= 11 is 0. The molecule has 2 aromatic carbocycles. The van der Waals surface area contributed by atoms with Gasteiger partial charge in [-0.25, -0.2) is 4.79 Å². The maximum atomic E-state index is 13.0. The zero-order valence-electron chi connectivity index (χ0n) is 16.6. The van der Waals surface area contributed by atoms with Crippen molar-refractivity contribution in [3.05, 3.63) is 97.8 Å². The Balaban J connectivity index is 2.04. The van der Waals surface area contributed by atoms with Crippen LogP contribution >= 0.6 is 0 Å². The first-order chi connectivity index (χ1) is 12.7. The highest BCUT2D eigenvalue weighted by atomic mass is 16.2. The van der Waals surface area contributed by atoms with Crippen LogP contribution < -0.4 is 11.2 Å². The Morgan fingerprint density at radius 1 is 0.852 bits per heavy atom. The molecule has 0 spiro atoms. The van der Waals surface area contributed by atoms with E-state index in [-0.39, 0.29) is 23.2 Å². The molecule has 0 aliphatic carbocycles. The van der Waals surface area contributed by atoms with Crippen LogP contribution in [0.2, 0.25) is 0 Å². The van der Waals surface area contributed by atoms with Gasteiger partial charge in [0.15, 0.2) is 0 Å². The van der Waals surface area contributed by atoms with Crippen molar-refractivity contribution >= 4 is 0 Å². The summed E-state index contributed by atoms with van der Waals surface area (Å²) in [6.07, 6.45) is 1.62. The number of rotatable bonds is 3. The second-order valence-corrected chi connectivity index (χ2v) is 8.14. The standard InChI is InChI=1S/C23H26N2O2/c1-16-6-12-20(13-7-16)24-14-17(2)21(26)25(22(24)27)15-18-8-10-19(11-9-18)23(3,4)5/h6-14H,15H2,1-5H3. The van der Waals surface area contributed by atoms with Gasteiger partial charge in [0.1, 0.15) is 0 Å². The molecule has 0 saturated heterocycles. The van der Waals surface area contributed by atoms with E-state index >= 15 is 0 Å². The minimum absolute atomic E-state index is 0.0663. The molecule has 0 unspecified atom stereocenters. The molecule has 140 valence electrons. The van der Waals surface area contributed by atoms with Crippen molar-refractivity contribution in [2.24, 2.45) is 0 Å². The van der Waals surface area contributed by atoms with E-state index in [1.165, 1.54) is 10.1 Å². The normalized spacial score (nSPS) is 11.6. The molecule has 0 aliphatic heterocycles. The predicted octanol–water partition coefficient (Wildman–Crippen LogP) is 3.96. The van der Waals surface area contributed by atoms with Crippen molar-refractivity contribution in [2.45, 2.75) is 46.6 Å². The summed E-state index contributed by atoms with van der Waals surface area (Å²) in [6.45, 7) is 10.5. The van der Waals surface area contributed by atoms with Crippen molar-refractivity contribution in [1.82, 2.24) is 9.13 Å². The van der Waals surface area contributed by atoms with Crippen LogP contribution in [0.5, 0.6) is 0 Å². The van der Waals surface area contributed by atoms with Crippen molar-refractivity contribution in [3.63, 3.8) is 0 Å². The van der Waals surface area contributed by atoms with E-state index in [2.05, 4.69) is 32.9 Å². The SMILES string of the molecule is Cc1ccc(-n2cc(C)c(=O)n(Cc3ccc(C(C)(C)C)cc3)c2=O)cc1. The smallest absolute Gasteiger partial charge is 0.269 e. The van der Waals surface area contributed by atoms with Crippen LogP contribution in [0.15, 0.2) is 64.3 Å². The van der Waals surface area contributed by atoms with E-state index in [9.17, 15) is 9.59 Å². The number of benzene rings is 2. The summed E-state index contributed by atoms with van der Waals surface area (Å²) in [5.74, 6) is 0. The van der Waals surface area contributed by atoms with Gasteiger partial charge in [-0.3, -0.25) is 13.9 Å². The predicted molar refractivity (Wildman–Crippen MR) is 110 cm³/mol. The fraction of sp³-hybridized carbons (Fsp3) is 0.304. The maximum absolute atomic E-state index is 13.0. The third-order valence-corrected chi connectivity index (χ3v) is 4.82. The largest absolute Gasteiger partial charge is 0.335 e. The molecule has 0 atom stereocenters. The number of nitrogens with zero attached hydrogens (tertiary/aromatic N) is 2. The number of hydrogen-bond donors (Lipinski definition) is 0. The van der Waals surface area contributed by atoms with Crippen LogP contribution in [0.3, 0.4) is 0 Å². The highest BCUT2D eigenvalue weighted by molar-refractivity contribution is 5.35. The van der Waals surface area contributed by atoms with Gasteiger partial charge in [-0.1, -0.05) is 62.7 Å². The summed E-state index contributed by atoms with van der Waals surface area (Å²) in [7, 11) is 0. The van der Waals surface area contributed by atoms with Crippen LogP contribution in [0, 0.1) is 13.8 Å². The maximum Gasteiger partial charge on any atom is 0.335 e. The molecular formula is C23H26N2O2. The molecule has 3 aromatic rings. The summed E-state index contributed by atoms with van der Waals surface area (Å²) in [6, 6.07) is 15.8. The van der Waals surface area contributed by atoms with Crippen LogP contribution in [0.1, 0.15) is 43.0 Å². The van der Waals surface area contributed by atoms with E-state index in [1.54, 1.807) is 17.7 Å². The quantitative estimate of drug-likeness (QED) is 0.708. The number of hydrogen-bond acceptors (Lipinski definition) is 2. The Kier molecular flexibility index (Phi) is 4.92. The highest BCUT2D eigenvalue weighted by Gasteiger charge is 2.14. The lowest BCUT2D eigenvalue weighted by Crippen LogP contribution is -2.40. The molecule has 0 saturated carbocycles. The average Bonchev–Trinajstić information content (AvgIpc) is 2.62. The fourth-order valence-corrected chi connectivity index (χ4v) is 3.06.